The summed E-state index contributed by atoms with van der Waals surface area (Å²) < 4.78 is 4.95. The first-order chi connectivity index (χ1) is 8.45. The van der Waals surface area contributed by atoms with E-state index in [1.807, 2.05) is 6.92 Å². The highest BCUT2D eigenvalue weighted by Crippen LogP contribution is 2.24. The molecule has 0 bridgehead atoms. The monoisotopic (exact) mass is 272 g/mol. The second kappa shape index (κ2) is 6.46. The number of Topliss-reactive ketones (excluding diaryl/α,β-unsaturated/α-hetero) is 1. The average molecular weight is 272 g/mol. The molecule has 1 unspecified atom stereocenters. The van der Waals surface area contributed by atoms with Gasteiger partial charge in [-0.25, -0.2) is 9.78 Å². The van der Waals surface area contributed by atoms with Crippen LogP contribution in [0.25, 0.3) is 0 Å². The molecule has 1 aromatic rings. The summed E-state index contributed by atoms with van der Waals surface area (Å²) in [5.41, 5.74) is -0.186. The second-order valence-electron chi connectivity index (χ2n) is 3.88. The van der Waals surface area contributed by atoms with Crippen molar-refractivity contribution in [1.82, 2.24) is 4.98 Å². The van der Waals surface area contributed by atoms with E-state index < -0.39 is 5.97 Å². The summed E-state index contributed by atoms with van der Waals surface area (Å²) >= 11 is 1.06. The quantitative estimate of drug-likeness (QED) is 0.737. The van der Waals surface area contributed by atoms with Crippen LogP contribution in [0.5, 0.6) is 0 Å². The number of thiazole rings is 1. The van der Waals surface area contributed by atoms with Crippen LogP contribution >= 0.6 is 11.3 Å². The van der Waals surface area contributed by atoms with Crippen molar-refractivity contribution in [3.8, 4) is 0 Å². The lowest BCUT2D eigenvalue weighted by Crippen LogP contribution is -2.17. The topological polar surface area (TPSA) is 88.5 Å². The fourth-order valence-corrected chi connectivity index (χ4v) is 2.31. The Labute approximate surface area is 109 Å². The zero-order chi connectivity index (χ0) is 13.7. The predicted octanol–water partition coefficient (Wildman–Crippen LogP) is 1.88. The van der Waals surface area contributed by atoms with Gasteiger partial charge in [-0.2, -0.15) is 0 Å². The van der Waals surface area contributed by atoms with Crippen LogP contribution in [-0.2, 0) is 4.74 Å². The average Bonchev–Trinajstić information content (AvgIpc) is 2.70. The van der Waals surface area contributed by atoms with Gasteiger partial charge in [0.2, 0.25) is 0 Å². The third kappa shape index (κ3) is 3.78. The maximum Gasteiger partial charge on any atom is 0.356 e. The SMILES string of the molecule is COCCC(C)Nc1nc(C(=O)O)c(C(C)=O)s1. The predicted molar refractivity (Wildman–Crippen MR) is 68.7 cm³/mol. The summed E-state index contributed by atoms with van der Waals surface area (Å²) in [6, 6.07) is 0.0950. The molecule has 1 heterocycles. The summed E-state index contributed by atoms with van der Waals surface area (Å²) in [6.07, 6.45) is 0.772. The lowest BCUT2D eigenvalue weighted by Gasteiger charge is -2.11. The number of rotatable bonds is 7. The van der Waals surface area contributed by atoms with Gasteiger partial charge < -0.3 is 15.2 Å². The van der Waals surface area contributed by atoms with E-state index in [0.29, 0.717) is 11.7 Å². The number of nitrogens with zero attached hydrogens (tertiary/aromatic N) is 1. The number of hydrogen-bond donors (Lipinski definition) is 2. The summed E-state index contributed by atoms with van der Waals surface area (Å²) in [4.78, 5) is 26.3. The number of ketones is 1. The summed E-state index contributed by atoms with van der Waals surface area (Å²) in [6.45, 7) is 3.87. The van der Waals surface area contributed by atoms with Gasteiger partial charge in [0, 0.05) is 26.7 Å². The fourth-order valence-electron chi connectivity index (χ4n) is 1.34. The van der Waals surface area contributed by atoms with Crippen LogP contribution < -0.4 is 5.32 Å². The number of carbonyl (C=O) groups excluding carboxylic acids is 1. The number of aromatic carboxylic acids is 1. The van der Waals surface area contributed by atoms with Crippen molar-refractivity contribution < 1.29 is 19.4 Å². The molecule has 0 aliphatic rings. The Hall–Kier alpha value is -1.47. The van der Waals surface area contributed by atoms with Crippen molar-refractivity contribution in [2.24, 2.45) is 0 Å². The minimum Gasteiger partial charge on any atom is -0.476 e. The number of anilines is 1. The second-order valence-corrected chi connectivity index (χ2v) is 4.88. The standard InChI is InChI=1S/C11H16N2O4S/c1-6(4-5-17-3)12-11-13-8(10(15)16)9(18-11)7(2)14/h6H,4-5H2,1-3H3,(H,12,13)(H,15,16). The van der Waals surface area contributed by atoms with E-state index in [-0.39, 0.29) is 22.4 Å². The molecule has 1 rings (SSSR count). The largest absolute Gasteiger partial charge is 0.476 e. The smallest absolute Gasteiger partial charge is 0.356 e. The van der Waals surface area contributed by atoms with Gasteiger partial charge in [-0.1, -0.05) is 11.3 Å². The zero-order valence-electron chi connectivity index (χ0n) is 10.5. The van der Waals surface area contributed by atoms with Crippen molar-refractivity contribution in [2.75, 3.05) is 19.0 Å². The molecular formula is C11H16N2O4S. The van der Waals surface area contributed by atoms with Gasteiger partial charge in [0.25, 0.3) is 0 Å². The molecule has 0 spiro atoms. The van der Waals surface area contributed by atoms with Crippen molar-refractivity contribution in [3.05, 3.63) is 10.6 Å². The highest BCUT2D eigenvalue weighted by molar-refractivity contribution is 7.17. The van der Waals surface area contributed by atoms with Gasteiger partial charge in [0.1, 0.15) is 4.88 Å². The molecule has 0 saturated carbocycles. The molecular weight excluding hydrogens is 256 g/mol. The number of ether oxygens (including phenoxy) is 1. The van der Waals surface area contributed by atoms with Gasteiger partial charge >= 0.3 is 5.97 Å². The third-order valence-electron chi connectivity index (χ3n) is 2.27. The number of methoxy groups -OCH3 is 1. The zero-order valence-corrected chi connectivity index (χ0v) is 11.3. The van der Waals surface area contributed by atoms with Crippen LogP contribution in [0.4, 0.5) is 5.13 Å². The molecule has 100 valence electrons. The number of hydrogen-bond acceptors (Lipinski definition) is 6. The molecule has 7 heteroatoms. The van der Waals surface area contributed by atoms with Gasteiger partial charge in [0.05, 0.1) is 0 Å². The number of carbonyl (C=O) groups is 2. The first-order valence-corrected chi connectivity index (χ1v) is 6.28. The highest BCUT2D eigenvalue weighted by atomic mass is 32.1. The molecule has 1 aromatic heterocycles. The molecule has 18 heavy (non-hydrogen) atoms. The van der Waals surface area contributed by atoms with Crippen LogP contribution in [0, 0.1) is 0 Å². The van der Waals surface area contributed by atoms with E-state index in [9.17, 15) is 9.59 Å². The number of nitrogens with one attached hydrogen (secondary N) is 1. The fraction of sp³-hybridized carbons (Fsp3) is 0.545. The van der Waals surface area contributed by atoms with E-state index in [4.69, 9.17) is 9.84 Å². The summed E-state index contributed by atoms with van der Waals surface area (Å²) in [5.74, 6) is -1.48. The molecule has 0 saturated heterocycles. The first kappa shape index (κ1) is 14.6. The van der Waals surface area contributed by atoms with Crippen molar-refractivity contribution in [2.45, 2.75) is 26.3 Å². The van der Waals surface area contributed by atoms with Gasteiger partial charge in [-0.3, -0.25) is 4.79 Å². The molecule has 0 aliphatic carbocycles. The third-order valence-corrected chi connectivity index (χ3v) is 3.36. The Bertz CT molecular complexity index is 413. The molecule has 0 radical (unpaired) electrons. The van der Waals surface area contributed by atoms with Crippen molar-refractivity contribution in [1.29, 1.82) is 0 Å². The Balaban J connectivity index is 2.81. The summed E-state index contributed by atoms with van der Waals surface area (Å²) in [5, 5.41) is 12.5. The van der Waals surface area contributed by atoms with Gasteiger partial charge in [-0.15, -0.1) is 0 Å². The lowest BCUT2D eigenvalue weighted by atomic mass is 10.2. The number of aromatic nitrogens is 1. The van der Waals surface area contributed by atoms with E-state index >= 15 is 0 Å². The molecule has 0 amide bonds. The Morgan fingerprint density at radius 1 is 1.56 bits per heavy atom. The van der Waals surface area contributed by atoms with E-state index in [1.54, 1.807) is 7.11 Å². The molecule has 0 aromatic carbocycles. The van der Waals surface area contributed by atoms with Crippen LogP contribution in [0.2, 0.25) is 0 Å². The maximum atomic E-state index is 11.3. The Morgan fingerprint density at radius 2 is 2.22 bits per heavy atom. The van der Waals surface area contributed by atoms with E-state index in [1.165, 1.54) is 6.92 Å². The van der Waals surface area contributed by atoms with Crippen LogP contribution in [0.1, 0.15) is 40.4 Å². The summed E-state index contributed by atoms with van der Waals surface area (Å²) in [7, 11) is 1.62. The molecule has 0 fully saturated rings. The minimum absolute atomic E-state index is 0.0950. The molecule has 1 atom stereocenters. The Morgan fingerprint density at radius 3 is 2.67 bits per heavy atom. The van der Waals surface area contributed by atoms with Crippen LogP contribution in [0.15, 0.2) is 0 Å². The van der Waals surface area contributed by atoms with E-state index in [2.05, 4.69) is 10.3 Å². The Kier molecular flexibility index (Phi) is 5.24. The van der Waals surface area contributed by atoms with Gasteiger partial charge in [-0.05, 0) is 13.3 Å². The molecule has 6 nitrogen and oxygen atoms in total. The maximum absolute atomic E-state index is 11.3. The van der Waals surface area contributed by atoms with Crippen molar-refractivity contribution >= 4 is 28.2 Å². The minimum atomic E-state index is -1.19. The van der Waals surface area contributed by atoms with E-state index in [0.717, 1.165) is 17.8 Å². The number of carboxylic acid groups (broad SMARTS) is 1. The number of carboxylic acids is 1. The normalized spacial score (nSPS) is 12.2. The first-order valence-electron chi connectivity index (χ1n) is 5.46. The van der Waals surface area contributed by atoms with Crippen LogP contribution in [0.3, 0.4) is 0 Å². The van der Waals surface area contributed by atoms with Gasteiger partial charge in [0.15, 0.2) is 16.6 Å². The molecule has 0 aliphatic heterocycles. The molecule has 2 N–H and O–H groups in total. The van der Waals surface area contributed by atoms with Crippen molar-refractivity contribution in [3.63, 3.8) is 0 Å². The van der Waals surface area contributed by atoms with Crippen LogP contribution in [-0.4, -0.2) is 41.6 Å². The highest BCUT2D eigenvalue weighted by Gasteiger charge is 2.21. The lowest BCUT2D eigenvalue weighted by molar-refractivity contribution is 0.0687.